The third-order valence-corrected chi connectivity index (χ3v) is 1.51. The second-order valence-electron chi connectivity index (χ2n) is 2.84. The molecule has 0 heterocycles. The maximum atomic E-state index is 10.5. The SMILES string of the molecule is CC(=O)N/N=C\c1ccc(C)cc1.[HH]. The molecule has 1 aromatic rings. The Morgan fingerprint density at radius 1 is 1.46 bits per heavy atom. The van der Waals surface area contributed by atoms with Gasteiger partial charge in [-0.05, 0) is 12.5 Å². The summed E-state index contributed by atoms with van der Waals surface area (Å²) in [6.45, 7) is 3.45. The molecule has 1 amide bonds. The predicted molar refractivity (Wildman–Crippen MR) is 54.7 cm³/mol. The standard InChI is InChI=1S/C10H12N2O.H2/c1-8-3-5-10(6-4-8)7-11-12-9(2)13;/h3-7H,1-2H3,(H,12,13);1H/b11-7-;. The van der Waals surface area contributed by atoms with Gasteiger partial charge in [0.2, 0.25) is 5.91 Å². The van der Waals surface area contributed by atoms with Gasteiger partial charge in [-0.25, -0.2) is 5.43 Å². The molecule has 1 rings (SSSR count). The van der Waals surface area contributed by atoms with E-state index in [0.29, 0.717) is 0 Å². The first-order valence-corrected chi connectivity index (χ1v) is 4.05. The number of hydrogen-bond acceptors (Lipinski definition) is 2. The Morgan fingerprint density at radius 3 is 2.62 bits per heavy atom. The number of hydrogen-bond donors (Lipinski definition) is 1. The van der Waals surface area contributed by atoms with E-state index in [0.717, 1.165) is 5.56 Å². The van der Waals surface area contributed by atoms with E-state index in [1.54, 1.807) is 6.21 Å². The summed E-state index contributed by atoms with van der Waals surface area (Å²) in [6, 6.07) is 7.88. The van der Waals surface area contributed by atoms with Crippen molar-refractivity contribution in [1.82, 2.24) is 5.43 Å². The first-order chi connectivity index (χ1) is 6.18. The Balaban J connectivity index is 0.00000169. The van der Waals surface area contributed by atoms with E-state index in [1.807, 2.05) is 31.2 Å². The highest BCUT2D eigenvalue weighted by atomic mass is 16.2. The lowest BCUT2D eigenvalue weighted by molar-refractivity contribution is -0.118. The highest BCUT2D eigenvalue weighted by Gasteiger charge is 1.87. The van der Waals surface area contributed by atoms with Crippen molar-refractivity contribution < 1.29 is 6.22 Å². The second-order valence-corrected chi connectivity index (χ2v) is 2.84. The molecule has 1 aromatic carbocycles. The maximum Gasteiger partial charge on any atom is 0.236 e. The molecular formula is C10H14N2O. The molecule has 0 saturated carbocycles. The lowest BCUT2D eigenvalue weighted by atomic mass is 10.2. The van der Waals surface area contributed by atoms with Gasteiger partial charge in [0.25, 0.3) is 0 Å². The molecule has 0 bridgehead atoms. The lowest BCUT2D eigenvalue weighted by Gasteiger charge is -1.94. The first-order valence-electron chi connectivity index (χ1n) is 4.05. The first kappa shape index (κ1) is 9.45. The van der Waals surface area contributed by atoms with Gasteiger partial charge in [0.15, 0.2) is 0 Å². The van der Waals surface area contributed by atoms with E-state index in [1.165, 1.54) is 12.5 Å². The zero-order chi connectivity index (χ0) is 9.68. The zero-order valence-electron chi connectivity index (χ0n) is 7.74. The van der Waals surface area contributed by atoms with E-state index in [4.69, 9.17) is 0 Å². The van der Waals surface area contributed by atoms with Gasteiger partial charge in [-0.2, -0.15) is 5.10 Å². The highest BCUT2D eigenvalue weighted by molar-refractivity contribution is 5.81. The molecule has 0 fully saturated rings. The van der Waals surface area contributed by atoms with Crippen LogP contribution in [0.4, 0.5) is 0 Å². The van der Waals surface area contributed by atoms with Crippen molar-refractivity contribution in [2.75, 3.05) is 0 Å². The fraction of sp³-hybridized carbons (Fsp3) is 0.200. The molecule has 3 heteroatoms. The summed E-state index contributed by atoms with van der Waals surface area (Å²) in [4.78, 5) is 10.5. The van der Waals surface area contributed by atoms with Gasteiger partial charge in [-0.3, -0.25) is 4.79 Å². The number of nitrogens with one attached hydrogen (secondary N) is 1. The number of amides is 1. The van der Waals surface area contributed by atoms with Gasteiger partial charge in [0.05, 0.1) is 6.21 Å². The Bertz CT molecular complexity index is 319. The minimum Gasteiger partial charge on any atom is -0.274 e. The van der Waals surface area contributed by atoms with E-state index in [9.17, 15) is 4.79 Å². The summed E-state index contributed by atoms with van der Waals surface area (Å²) >= 11 is 0. The number of benzene rings is 1. The number of aryl methyl sites for hydroxylation is 1. The molecule has 0 aromatic heterocycles. The quantitative estimate of drug-likeness (QED) is 0.543. The molecule has 0 aliphatic carbocycles. The number of nitrogens with zero attached hydrogens (tertiary/aromatic N) is 1. The van der Waals surface area contributed by atoms with Crippen LogP contribution in [-0.4, -0.2) is 12.1 Å². The smallest absolute Gasteiger partial charge is 0.236 e. The highest BCUT2D eigenvalue weighted by Crippen LogP contribution is 1.99. The van der Waals surface area contributed by atoms with Crippen LogP contribution in [0.15, 0.2) is 29.4 Å². The number of carbonyl (C=O) groups is 1. The van der Waals surface area contributed by atoms with Crippen LogP contribution in [-0.2, 0) is 4.79 Å². The maximum absolute atomic E-state index is 10.5. The monoisotopic (exact) mass is 178 g/mol. The molecule has 0 radical (unpaired) electrons. The topological polar surface area (TPSA) is 41.5 Å². The summed E-state index contributed by atoms with van der Waals surface area (Å²) in [5, 5.41) is 3.75. The molecule has 1 N–H and O–H groups in total. The molecule has 3 nitrogen and oxygen atoms in total. The van der Waals surface area contributed by atoms with Crippen LogP contribution in [0.1, 0.15) is 19.5 Å². The third kappa shape index (κ3) is 3.51. The van der Waals surface area contributed by atoms with Gasteiger partial charge in [-0.1, -0.05) is 29.8 Å². The Morgan fingerprint density at radius 2 is 2.08 bits per heavy atom. The van der Waals surface area contributed by atoms with Crippen molar-refractivity contribution in [2.24, 2.45) is 5.10 Å². The fourth-order valence-corrected chi connectivity index (χ4v) is 0.850. The zero-order valence-corrected chi connectivity index (χ0v) is 7.74. The van der Waals surface area contributed by atoms with E-state index >= 15 is 0 Å². The van der Waals surface area contributed by atoms with Crippen molar-refractivity contribution in [2.45, 2.75) is 13.8 Å². The molecule has 70 valence electrons. The van der Waals surface area contributed by atoms with E-state index in [-0.39, 0.29) is 7.33 Å². The average molecular weight is 178 g/mol. The molecule has 0 aliphatic rings. The van der Waals surface area contributed by atoms with Crippen LogP contribution < -0.4 is 5.43 Å². The molecule has 13 heavy (non-hydrogen) atoms. The Hall–Kier alpha value is -1.64. The summed E-state index contributed by atoms with van der Waals surface area (Å²) in [5.41, 5.74) is 4.52. The third-order valence-electron chi connectivity index (χ3n) is 1.51. The molecule has 0 saturated heterocycles. The van der Waals surface area contributed by atoms with Crippen LogP contribution >= 0.6 is 0 Å². The largest absolute Gasteiger partial charge is 0.274 e. The molecular weight excluding hydrogens is 164 g/mol. The van der Waals surface area contributed by atoms with Gasteiger partial charge >= 0.3 is 0 Å². The van der Waals surface area contributed by atoms with E-state index < -0.39 is 0 Å². The van der Waals surface area contributed by atoms with Crippen molar-refractivity contribution in [3.63, 3.8) is 0 Å². The minimum absolute atomic E-state index is 0. The summed E-state index contributed by atoms with van der Waals surface area (Å²) in [7, 11) is 0. The van der Waals surface area contributed by atoms with Crippen molar-refractivity contribution in [3.8, 4) is 0 Å². The number of hydrazone groups is 1. The average Bonchev–Trinajstić information content (AvgIpc) is 2.08. The molecule has 0 unspecified atom stereocenters. The molecule has 0 atom stereocenters. The van der Waals surface area contributed by atoms with Crippen LogP contribution in [0.25, 0.3) is 0 Å². The normalized spacial score (nSPS) is 10.3. The summed E-state index contributed by atoms with van der Waals surface area (Å²) in [6.07, 6.45) is 1.61. The minimum atomic E-state index is -0.164. The van der Waals surface area contributed by atoms with Gasteiger partial charge in [0.1, 0.15) is 0 Å². The summed E-state index contributed by atoms with van der Waals surface area (Å²) < 4.78 is 0. The van der Waals surface area contributed by atoms with Gasteiger partial charge in [0, 0.05) is 8.35 Å². The number of carbonyl (C=O) groups excluding carboxylic acids is 1. The fourth-order valence-electron chi connectivity index (χ4n) is 0.850. The van der Waals surface area contributed by atoms with Crippen LogP contribution in [0.3, 0.4) is 0 Å². The second kappa shape index (κ2) is 4.40. The van der Waals surface area contributed by atoms with Crippen LogP contribution in [0, 0.1) is 6.92 Å². The van der Waals surface area contributed by atoms with Gasteiger partial charge < -0.3 is 0 Å². The molecule has 0 spiro atoms. The van der Waals surface area contributed by atoms with Crippen LogP contribution in [0.5, 0.6) is 0 Å². The lowest BCUT2D eigenvalue weighted by Crippen LogP contribution is -2.12. The van der Waals surface area contributed by atoms with Crippen molar-refractivity contribution in [3.05, 3.63) is 35.4 Å². The predicted octanol–water partition coefficient (Wildman–Crippen LogP) is 1.71. The van der Waals surface area contributed by atoms with Crippen LogP contribution in [0.2, 0.25) is 0 Å². The Labute approximate surface area is 79.0 Å². The van der Waals surface area contributed by atoms with Crippen molar-refractivity contribution in [1.29, 1.82) is 0 Å². The van der Waals surface area contributed by atoms with Crippen molar-refractivity contribution >= 4 is 12.1 Å². The number of rotatable bonds is 2. The van der Waals surface area contributed by atoms with Gasteiger partial charge in [-0.15, -0.1) is 0 Å². The summed E-state index contributed by atoms with van der Waals surface area (Å²) in [5.74, 6) is -0.164. The molecule has 0 aliphatic heterocycles. The van der Waals surface area contributed by atoms with E-state index in [2.05, 4.69) is 10.5 Å². The Kier molecular flexibility index (Phi) is 3.20.